The summed E-state index contributed by atoms with van der Waals surface area (Å²) >= 11 is 0. The zero-order valence-electron chi connectivity index (χ0n) is 11.7. The molecule has 0 atom stereocenters. The minimum Gasteiger partial charge on any atom is -0.382 e. The quantitative estimate of drug-likeness (QED) is 0.694. The lowest BCUT2D eigenvalue weighted by molar-refractivity contribution is 0.147. The molecule has 0 bridgehead atoms. The van der Waals surface area contributed by atoms with Gasteiger partial charge in [-0.05, 0) is 13.3 Å². The number of imidazole rings is 1. The second-order valence-electron chi connectivity index (χ2n) is 3.98. The molecule has 0 aromatic carbocycles. The monoisotopic (exact) mass is 277 g/mol. The van der Waals surface area contributed by atoms with Crippen molar-refractivity contribution in [3.8, 4) is 5.95 Å². The van der Waals surface area contributed by atoms with Crippen molar-refractivity contribution in [2.45, 2.75) is 13.3 Å². The Morgan fingerprint density at radius 1 is 1.25 bits per heavy atom. The Kier molecular flexibility index (Phi) is 5.24. The number of aromatic nitrogens is 5. The molecule has 8 nitrogen and oxygen atoms in total. The fourth-order valence-electron chi connectivity index (χ4n) is 1.57. The highest BCUT2D eigenvalue weighted by atomic mass is 16.5. The van der Waals surface area contributed by atoms with Crippen LogP contribution in [-0.2, 0) is 4.74 Å². The van der Waals surface area contributed by atoms with Gasteiger partial charge in [0.2, 0.25) is 17.8 Å². The summed E-state index contributed by atoms with van der Waals surface area (Å²) in [7, 11) is 1.77. The van der Waals surface area contributed by atoms with E-state index in [1.165, 1.54) is 0 Å². The first-order chi connectivity index (χ1) is 9.83. The van der Waals surface area contributed by atoms with Gasteiger partial charge in [0.05, 0.1) is 0 Å². The first-order valence-corrected chi connectivity index (χ1v) is 6.57. The highest BCUT2D eigenvalue weighted by Crippen LogP contribution is 2.08. The van der Waals surface area contributed by atoms with Gasteiger partial charge < -0.3 is 15.4 Å². The summed E-state index contributed by atoms with van der Waals surface area (Å²) in [6.07, 6.45) is 6.01. The first kappa shape index (κ1) is 14.2. The van der Waals surface area contributed by atoms with E-state index >= 15 is 0 Å². The molecule has 2 rings (SSSR count). The van der Waals surface area contributed by atoms with Gasteiger partial charge in [0, 0.05) is 39.2 Å². The smallest absolute Gasteiger partial charge is 0.241 e. The van der Waals surface area contributed by atoms with Crippen LogP contribution in [0, 0.1) is 0 Å². The maximum atomic E-state index is 5.28. The Bertz CT molecular complexity index is 515. The van der Waals surface area contributed by atoms with Crippen molar-refractivity contribution >= 4 is 11.9 Å². The van der Waals surface area contributed by atoms with Crippen LogP contribution >= 0.6 is 0 Å². The van der Waals surface area contributed by atoms with Crippen LogP contribution in [-0.4, -0.2) is 51.3 Å². The van der Waals surface area contributed by atoms with Crippen molar-refractivity contribution in [3.05, 3.63) is 18.7 Å². The second kappa shape index (κ2) is 7.39. The second-order valence-corrected chi connectivity index (χ2v) is 3.98. The molecule has 0 unspecified atom stereocenters. The molecule has 0 aliphatic heterocycles. The summed E-state index contributed by atoms with van der Waals surface area (Å²) < 4.78 is 7.01. The summed E-state index contributed by atoms with van der Waals surface area (Å²) in [5.41, 5.74) is 0. The van der Waals surface area contributed by atoms with Crippen molar-refractivity contribution in [2.24, 2.45) is 0 Å². The molecule has 0 aliphatic rings. The molecule has 0 amide bonds. The molecule has 0 fully saturated rings. The van der Waals surface area contributed by atoms with Gasteiger partial charge >= 0.3 is 0 Å². The third-order valence-corrected chi connectivity index (χ3v) is 2.54. The van der Waals surface area contributed by atoms with Gasteiger partial charge in [-0.3, -0.25) is 4.57 Å². The molecular formula is C12H19N7O. The zero-order valence-corrected chi connectivity index (χ0v) is 11.7. The third kappa shape index (κ3) is 3.89. The summed E-state index contributed by atoms with van der Waals surface area (Å²) in [5.74, 6) is 1.56. The van der Waals surface area contributed by atoms with E-state index in [0.717, 1.165) is 26.2 Å². The fourth-order valence-corrected chi connectivity index (χ4v) is 1.57. The molecule has 8 heteroatoms. The zero-order chi connectivity index (χ0) is 14.2. The maximum Gasteiger partial charge on any atom is 0.241 e. The van der Waals surface area contributed by atoms with Gasteiger partial charge in [-0.2, -0.15) is 15.0 Å². The van der Waals surface area contributed by atoms with Gasteiger partial charge in [-0.1, -0.05) is 0 Å². The Labute approximate surface area is 117 Å². The van der Waals surface area contributed by atoms with E-state index in [0.29, 0.717) is 17.8 Å². The van der Waals surface area contributed by atoms with E-state index in [-0.39, 0.29) is 0 Å². The maximum absolute atomic E-state index is 5.28. The fraction of sp³-hybridized carbons (Fsp3) is 0.500. The number of nitrogens with one attached hydrogen (secondary N) is 2. The normalized spacial score (nSPS) is 10.5. The van der Waals surface area contributed by atoms with Crippen LogP contribution in [0.4, 0.5) is 11.9 Å². The molecule has 2 aromatic heterocycles. The standard InChI is InChI=1S/C12H19N7O/c1-3-20-8-4-5-15-11-16-10(13-2)17-12(18-11)19-7-6-14-9-19/h6-7,9H,3-5,8H2,1-2H3,(H2,13,15,16,17,18). The van der Waals surface area contributed by atoms with Crippen molar-refractivity contribution in [3.63, 3.8) is 0 Å². The van der Waals surface area contributed by atoms with Gasteiger partial charge in [0.15, 0.2) is 0 Å². The average Bonchev–Trinajstić information content (AvgIpc) is 3.01. The first-order valence-electron chi connectivity index (χ1n) is 6.57. The molecule has 0 aliphatic carbocycles. The summed E-state index contributed by atoms with van der Waals surface area (Å²) in [6, 6.07) is 0. The Hall–Kier alpha value is -2.22. The highest BCUT2D eigenvalue weighted by molar-refractivity contribution is 5.37. The average molecular weight is 277 g/mol. The molecule has 2 aromatic rings. The largest absolute Gasteiger partial charge is 0.382 e. The van der Waals surface area contributed by atoms with Crippen LogP contribution in [0.3, 0.4) is 0 Å². The predicted octanol–water partition coefficient (Wildman–Crippen LogP) is 0.937. The van der Waals surface area contributed by atoms with E-state index in [2.05, 4.69) is 30.6 Å². The van der Waals surface area contributed by atoms with Crippen molar-refractivity contribution in [1.29, 1.82) is 0 Å². The van der Waals surface area contributed by atoms with E-state index in [4.69, 9.17) is 4.74 Å². The summed E-state index contributed by atoms with van der Waals surface area (Å²) in [5, 5.41) is 6.08. The third-order valence-electron chi connectivity index (χ3n) is 2.54. The molecule has 0 radical (unpaired) electrons. The lowest BCUT2D eigenvalue weighted by Crippen LogP contribution is -2.12. The molecule has 0 spiro atoms. The van der Waals surface area contributed by atoms with Gasteiger partial charge in [-0.25, -0.2) is 4.98 Å². The van der Waals surface area contributed by atoms with E-state index in [1.807, 2.05) is 6.92 Å². The molecule has 20 heavy (non-hydrogen) atoms. The van der Waals surface area contributed by atoms with E-state index in [1.54, 1.807) is 30.3 Å². The minimum atomic E-state index is 0.510. The summed E-state index contributed by atoms with van der Waals surface area (Å²) in [4.78, 5) is 16.9. The Morgan fingerprint density at radius 3 is 2.80 bits per heavy atom. The van der Waals surface area contributed by atoms with E-state index in [9.17, 15) is 0 Å². The van der Waals surface area contributed by atoms with Crippen LogP contribution in [0.1, 0.15) is 13.3 Å². The summed E-state index contributed by atoms with van der Waals surface area (Å²) in [6.45, 7) is 4.19. The van der Waals surface area contributed by atoms with Crippen LogP contribution in [0.15, 0.2) is 18.7 Å². The van der Waals surface area contributed by atoms with Crippen LogP contribution < -0.4 is 10.6 Å². The highest BCUT2D eigenvalue weighted by Gasteiger charge is 2.06. The predicted molar refractivity (Wildman–Crippen MR) is 76.1 cm³/mol. The van der Waals surface area contributed by atoms with Crippen molar-refractivity contribution in [2.75, 3.05) is 37.4 Å². The minimum absolute atomic E-state index is 0.510. The molecule has 108 valence electrons. The number of hydrogen-bond acceptors (Lipinski definition) is 7. The lowest BCUT2D eigenvalue weighted by Gasteiger charge is -2.08. The van der Waals surface area contributed by atoms with Crippen molar-refractivity contribution in [1.82, 2.24) is 24.5 Å². The van der Waals surface area contributed by atoms with Crippen molar-refractivity contribution < 1.29 is 4.74 Å². The molecular weight excluding hydrogens is 258 g/mol. The molecule has 0 saturated heterocycles. The Morgan fingerprint density at radius 2 is 2.10 bits per heavy atom. The van der Waals surface area contributed by atoms with E-state index < -0.39 is 0 Å². The molecule has 2 N–H and O–H groups in total. The number of ether oxygens (including phenoxy) is 1. The number of nitrogens with zero attached hydrogens (tertiary/aromatic N) is 5. The number of anilines is 2. The van der Waals surface area contributed by atoms with Crippen LogP contribution in [0.2, 0.25) is 0 Å². The molecule has 2 heterocycles. The van der Waals surface area contributed by atoms with Gasteiger partial charge in [0.25, 0.3) is 0 Å². The number of rotatable bonds is 8. The molecule has 0 saturated carbocycles. The number of hydrogen-bond donors (Lipinski definition) is 2. The van der Waals surface area contributed by atoms with Crippen LogP contribution in [0.25, 0.3) is 5.95 Å². The van der Waals surface area contributed by atoms with Crippen LogP contribution in [0.5, 0.6) is 0 Å². The SMILES string of the molecule is CCOCCCNc1nc(NC)nc(-n2ccnc2)n1. The van der Waals surface area contributed by atoms with Gasteiger partial charge in [0.1, 0.15) is 6.33 Å². The van der Waals surface area contributed by atoms with Gasteiger partial charge in [-0.15, -0.1) is 0 Å². The Balaban J connectivity index is 2.03. The topological polar surface area (TPSA) is 89.8 Å². The lowest BCUT2D eigenvalue weighted by atomic mass is 10.4.